The van der Waals surface area contributed by atoms with Crippen LogP contribution >= 0.6 is 0 Å². The quantitative estimate of drug-likeness (QED) is 0.622. The van der Waals surface area contributed by atoms with E-state index in [9.17, 15) is 10.1 Å². The van der Waals surface area contributed by atoms with Gasteiger partial charge in [-0.1, -0.05) is 0 Å². The summed E-state index contributed by atoms with van der Waals surface area (Å²) in [4.78, 5) is 14.0. The molecular formula is C16H18N2O4. The molecule has 0 atom stereocenters. The Balaban J connectivity index is 2.28. The lowest BCUT2D eigenvalue weighted by molar-refractivity contribution is -0.130. The van der Waals surface area contributed by atoms with Gasteiger partial charge in [0.1, 0.15) is 23.1 Å². The van der Waals surface area contributed by atoms with Gasteiger partial charge in [0.15, 0.2) is 0 Å². The van der Waals surface area contributed by atoms with E-state index in [1.165, 1.54) is 13.2 Å². The molecule has 0 unspecified atom stereocenters. The molecule has 0 N–H and O–H groups in total. The fourth-order valence-corrected chi connectivity index (χ4v) is 2.17. The van der Waals surface area contributed by atoms with Crippen LogP contribution in [0.2, 0.25) is 0 Å². The number of hydrogen-bond acceptors (Lipinski definition) is 5. The largest absolute Gasteiger partial charge is 0.497 e. The molecule has 0 aromatic heterocycles. The molecule has 116 valence electrons. The van der Waals surface area contributed by atoms with Gasteiger partial charge < -0.3 is 19.1 Å². The lowest BCUT2D eigenvalue weighted by Crippen LogP contribution is -2.41. The lowest BCUT2D eigenvalue weighted by Gasteiger charge is -2.26. The average Bonchev–Trinajstić information content (AvgIpc) is 2.59. The molecule has 1 amide bonds. The van der Waals surface area contributed by atoms with E-state index >= 15 is 0 Å². The lowest BCUT2D eigenvalue weighted by atomic mass is 10.1. The predicted octanol–water partition coefficient (Wildman–Crippen LogP) is 1.47. The van der Waals surface area contributed by atoms with Crippen LogP contribution in [-0.4, -0.2) is 51.3 Å². The Morgan fingerprint density at radius 2 is 2.05 bits per heavy atom. The monoisotopic (exact) mass is 302 g/mol. The highest BCUT2D eigenvalue weighted by molar-refractivity contribution is 6.02. The maximum Gasteiger partial charge on any atom is 0.264 e. The number of morpholine rings is 1. The topological polar surface area (TPSA) is 71.8 Å². The molecule has 1 aliphatic heterocycles. The van der Waals surface area contributed by atoms with Crippen molar-refractivity contribution in [3.63, 3.8) is 0 Å². The number of hydrogen-bond donors (Lipinski definition) is 0. The van der Waals surface area contributed by atoms with Crippen LogP contribution in [0.1, 0.15) is 5.56 Å². The number of rotatable bonds is 4. The zero-order chi connectivity index (χ0) is 15.9. The van der Waals surface area contributed by atoms with Gasteiger partial charge >= 0.3 is 0 Å². The molecule has 0 bridgehead atoms. The number of carbonyl (C=O) groups excluding carboxylic acids is 1. The van der Waals surface area contributed by atoms with E-state index in [0.29, 0.717) is 43.4 Å². The molecule has 0 saturated carbocycles. The van der Waals surface area contributed by atoms with Crippen LogP contribution in [0.3, 0.4) is 0 Å². The van der Waals surface area contributed by atoms with Gasteiger partial charge in [0.2, 0.25) is 0 Å². The fraction of sp³-hybridized carbons (Fsp3) is 0.375. The van der Waals surface area contributed by atoms with E-state index in [0.717, 1.165) is 0 Å². The molecule has 1 aromatic carbocycles. The van der Waals surface area contributed by atoms with Gasteiger partial charge in [0.05, 0.1) is 27.4 Å². The highest BCUT2D eigenvalue weighted by atomic mass is 16.5. The summed E-state index contributed by atoms with van der Waals surface area (Å²) in [5.74, 6) is 0.901. The van der Waals surface area contributed by atoms with Crippen molar-refractivity contribution < 1.29 is 19.0 Å². The second-order valence-corrected chi connectivity index (χ2v) is 4.68. The van der Waals surface area contributed by atoms with Gasteiger partial charge in [-0.25, -0.2) is 0 Å². The number of carbonyl (C=O) groups is 1. The molecule has 1 heterocycles. The van der Waals surface area contributed by atoms with Crippen LogP contribution in [0.25, 0.3) is 6.08 Å². The minimum atomic E-state index is -0.288. The van der Waals surface area contributed by atoms with Crippen LogP contribution in [0, 0.1) is 11.3 Å². The molecule has 6 heteroatoms. The van der Waals surface area contributed by atoms with E-state index in [2.05, 4.69) is 0 Å². The highest BCUT2D eigenvalue weighted by Gasteiger charge is 2.21. The summed E-state index contributed by atoms with van der Waals surface area (Å²) in [7, 11) is 3.09. The molecular weight excluding hydrogens is 284 g/mol. The molecule has 2 rings (SSSR count). The van der Waals surface area contributed by atoms with Gasteiger partial charge in [0, 0.05) is 24.7 Å². The molecule has 0 aliphatic carbocycles. The van der Waals surface area contributed by atoms with Crippen LogP contribution in [0.4, 0.5) is 0 Å². The standard InChI is InChI=1S/C16H18N2O4/c1-20-14-4-3-12(15(10-14)21-2)9-13(11-17)16(19)18-5-7-22-8-6-18/h3-4,9-10H,5-8H2,1-2H3/b13-9+. The van der Waals surface area contributed by atoms with E-state index in [-0.39, 0.29) is 11.5 Å². The Morgan fingerprint density at radius 3 is 2.64 bits per heavy atom. The summed E-state index contributed by atoms with van der Waals surface area (Å²) in [6.45, 7) is 1.99. The SMILES string of the molecule is COc1ccc(/C=C(\C#N)C(=O)N2CCOCC2)c(OC)c1. The van der Waals surface area contributed by atoms with Gasteiger partial charge in [-0.3, -0.25) is 4.79 Å². The first-order chi connectivity index (χ1) is 10.7. The Kier molecular flexibility index (Phi) is 5.39. The summed E-state index contributed by atoms with van der Waals surface area (Å²) in [6.07, 6.45) is 1.54. The van der Waals surface area contributed by atoms with E-state index in [4.69, 9.17) is 14.2 Å². The second-order valence-electron chi connectivity index (χ2n) is 4.68. The van der Waals surface area contributed by atoms with E-state index < -0.39 is 0 Å². The van der Waals surface area contributed by atoms with Crippen molar-refractivity contribution in [2.24, 2.45) is 0 Å². The van der Waals surface area contributed by atoms with Gasteiger partial charge in [-0.15, -0.1) is 0 Å². The third kappa shape index (κ3) is 3.57. The minimum Gasteiger partial charge on any atom is -0.497 e. The van der Waals surface area contributed by atoms with Crippen LogP contribution in [-0.2, 0) is 9.53 Å². The number of amides is 1. The molecule has 1 saturated heterocycles. The molecule has 22 heavy (non-hydrogen) atoms. The van der Waals surface area contributed by atoms with Gasteiger partial charge in [-0.2, -0.15) is 5.26 Å². The summed E-state index contributed by atoms with van der Waals surface area (Å²) >= 11 is 0. The number of benzene rings is 1. The Hall–Kier alpha value is -2.52. The summed E-state index contributed by atoms with van der Waals surface area (Å²) in [5.41, 5.74) is 0.729. The number of nitriles is 1. The Labute approximate surface area is 129 Å². The van der Waals surface area contributed by atoms with Gasteiger partial charge in [0.25, 0.3) is 5.91 Å². The van der Waals surface area contributed by atoms with Crippen molar-refractivity contribution in [3.8, 4) is 17.6 Å². The van der Waals surface area contributed by atoms with Crippen molar-refractivity contribution in [2.45, 2.75) is 0 Å². The minimum absolute atomic E-state index is 0.0744. The maximum absolute atomic E-state index is 12.4. The molecule has 1 aromatic rings. The third-order valence-electron chi connectivity index (χ3n) is 3.39. The second kappa shape index (κ2) is 7.48. The van der Waals surface area contributed by atoms with E-state index in [1.54, 1.807) is 30.2 Å². The third-order valence-corrected chi connectivity index (χ3v) is 3.39. The van der Waals surface area contributed by atoms with Crippen LogP contribution < -0.4 is 9.47 Å². The predicted molar refractivity (Wildman–Crippen MR) is 80.5 cm³/mol. The zero-order valence-corrected chi connectivity index (χ0v) is 12.7. The molecule has 1 fully saturated rings. The van der Waals surface area contributed by atoms with Crippen LogP contribution in [0.5, 0.6) is 11.5 Å². The molecule has 0 spiro atoms. The fourth-order valence-electron chi connectivity index (χ4n) is 2.17. The van der Waals surface area contributed by atoms with E-state index in [1.807, 2.05) is 6.07 Å². The number of nitrogens with zero attached hydrogens (tertiary/aromatic N) is 2. The van der Waals surface area contributed by atoms with Crippen molar-refractivity contribution in [1.82, 2.24) is 4.90 Å². The van der Waals surface area contributed by atoms with Crippen molar-refractivity contribution in [2.75, 3.05) is 40.5 Å². The first-order valence-corrected chi connectivity index (χ1v) is 6.90. The first-order valence-electron chi connectivity index (χ1n) is 6.90. The molecule has 0 radical (unpaired) electrons. The smallest absolute Gasteiger partial charge is 0.264 e. The molecule has 1 aliphatic rings. The first kappa shape index (κ1) is 15.9. The normalized spacial score (nSPS) is 15.1. The van der Waals surface area contributed by atoms with Crippen molar-refractivity contribution >= 4 is 12.0 Å². The van der Waals surface area contributed by atoms with Crippen molar-refractivity contribution in [3.05, 3.63) is 29.3 Å². The van der Waals surface area contributed by atoms with Gasteiger partial charge in [-0.05, 0) is 18.2 Å². The molecule has 6 nitrogen and oxygen atoms in total. The Bertz CT molecular complexity index is 613. The average molecular weight is 302 g/mol. The number of methoxy groups -OCH3 is 2. The highest BCUT2D eigenvalue weighted by Crippen LogP contribution is 2.26. The zero-order valence-electron chi connectivity index (χ0n) is 12.7. The summed E-state index contributed by atoms with van der Waals surface area (Å²) in [5, 5.41) is 9.29. The summed E-state index contributed by atoms with van der Waals surface area (Å²) < 4.78 is 15.6. The number of ether oxygens (including phenoxy) is 3. The van der Waals surface area contributed by atoms with Crippen molar-refractivity contribution in [1.29, 1.82) is 5.26 Å². The van der Waals surface area contributed by atoms with Crippen LogP contribution in [0.15, 0.2) is 23.8 Å². The maximum atomic E-state index is 12.4. The summed E-state index contributed by atoms with van der Waals surface area (Å²) in [6, 6.07) is 7.18. The Morgan fingerprint density at radius 1 is 1.32 bits per heavy atom.